The van der Waals surface area contributed by atoms with Crippen molar-refractivity contribution in [1.29, 1.82) is 5.26 Å². The van der Waals surface area contributed by atoms with Crippen LogP contribution in [0.1, 0.15) is 30.1 Å². The number of nitriles is 1. The zero-order valence-electron chi connectivity index (χ0n) is 20.6. The van der Waals surface area contributed by atoms with Crippen LogP contribution in [0.4, 0.5) is 11.4 Å². The Bertz CT molecular complexity index is 1240. The van der Waals surface area contributed by atoms with Crippen molar-refractivity contribution in [1.82, 2.24) is 24.9 Å². The van der Waals surface area contributed by atoms with Crippen molar-refractivity contribution in [2.75, 3.05) is 56.4 Å². The lowest BCUT2D eigenvalue weighted by Gasteiger charge is -2.37. The number of hydrogen-bond acceptors (Lipinski definition) is 10. The van der Waals surface area contributed by atoms with Gasteiger partial charge in [0, 0.05) is 38.4 Å². The summed E-state index contributed by atoms with van der Waals surface area (Å²) >= 11 is 0. The van der Waals surface area contributed by atoms with Crippen LogP contribution in [0.3, 0.4) is 0 Å². The molecule has 0 spiro atoms. The molecule has 12 heteroatoms. The number of likely N-dealkylation sites (tertiary alicyclic amines) is 1. The number of fused-ring (bicyclic) bond motifs is 1. The maximum atomic E-state index is 12.6. The van der Waals surface area contributed by atoms with Crippen molar-refractivity contribution in [3.63, 3.8) is 0 Å². The summed E-state index contributed by atoms with van der Waals surface area (Å²) in [5.74, 6) is -0.257. The third kappa shape index (κ3) is 5.73. The molecule has 2 saturated heterocycles. The quantitative estimate of drug-likeness (QED) is 0.420. The average molecular weight is 506 g/mol. The smallest absolute Gasteiger partial charge is 0.306 e. The van der Waals surface area contributed by atoms with Crippen LogP contribution >= 0.6 is 0 Å². The Kier molecular flexibility index (Phi) is 7.34. The Labute approximate surface area is 214 Å². The first kappa shape index (κ1) is 24.7. The molecule has 5 rings (SSSR count). The highest BCUT2D eigenvalue weighted by Gasteiger charge is 2.29. The topological polar surface area (TPSA) is 153 Å². The molecule has 12 nitrogen and oxygen atoms in total. The van der Waals surface area contributed by atoms with Crippen LogP contribution in [0.2, 0.25) is 0 Å². The fourth-order valence-electron chi connectivity index (χ4n) is 5.06. The number of aliphatic carboxylic acids is 1. The first-order valence-electron chi connectivity index (χ1n) is 12.6. The number of carboxylic acid groups (broad SMARTS) is 1. The number of piperidine rings is 1. The lowest BCUT2D eigenvalue weighted by atomic mass is 9.97. The maximum absolute atomic E-state index is 12.6. The summed E-state index contributed by atoms with van der Waals surface area (Å²) in [6.07, 6.45) is 2.38. The summed E-state index contributed by atoms with van der Waals surface area (Å²) in [6, 6.07) is 10.2. The summed E-state index contributed by atoms with van der Waals surface area (Å²) in [5.41, 5.74) is 2.78. The van der Waals surface area contributed by atoms with Gasteiger partial charge in [-0.2, -0.15) is 10.4 Å². The highest BCUT2D eigenvalue weighted by Crippen LogP contribution is 2.29. The molecule has 2 fully saturated rings. The molecule has 4 heterocycles. The minimum absolute atomic E-state index is 0.235. The van der Waals surface area contributed by atoms with Gasteiger partial charge in [0.15, 0.2) is 6.17 Å². The van der Waals surface area contributed by atoms with Crippen LogP contribution in [0.5, 0.6) is 0 Å². The molecule has 1 aromatic carbocycles. The van der Waals surface area contributed by atoms with Gasteiger partial charge in [0.05, 0.1) is 36.0 Å². The van der Waals surface area contributed by atoms with E-state index in [4.69, 9.17) is 10.3 Å². The van der Waals surface area contributed by atoms with Crippen LogP contribution in [0.15, 0.2) is 40.2 Å². The highest BCUT2D eigenvalue weighted by atomic mass is 16.4. The largest absolute Gasteiger partial charge is 0.481 e. The molecule has 0 saturated carbocycles. The number of carbonyl (C=O) groups is 1. The molecule has 0 aliphatic carbocycles. The van der Waals surface area contributed by atoms with Crippen molar-refractivity contribution >= 4 is 23.3 Å². The summed E-state index contributed by atoms with van der Waals surface area (Å²) in [4.78, 5) is 35.2. The van der Waals surface area contributed by atoms with Gasteiger partial charge in [0.25, 0.3) is 5.56 Å². The van der Waals surface area contributed by atoms with Gasteiger partial charge < -0.3 is 20.6 Å². The van der Waals surface area contributed by atoms with Gasteiger partial charge in [0.2, 0.25) is 5.96 Å². The Morgan fingerprint density at radius 1 is 1.11 bits per heavy atom. The predicted octanol–water partition coefficient (Wildman–Crippen LogP) is 1.10. The standard InChI is InChI=1S/C25H31N9O3/c26-7-10-32-11-13-34(14-12-32)25-29-20-15-27-31-23(35)21(20)22(30-25)28-19-3-1-17(2-4-19)16-33-8-5-18(6-9-33)24(36)37/h1-4,15,18,22,28H,5-6,8-14,16H2,(H,29,30)(H,31,35)(H,36,37). The first-order valence-corrected chi connectivity index (χ1v) is 12.6. The van der Waals surface area contributed by atoms with Crippen LogP contribution in [0, 0.1) is 17.2 Å². The number of carboxylic acids is 1. The molecule has 0 radical (unpaired) electrons. The summed E-state index contributed by atoms with van der Waals surface area (Å²) in [6.45, 7) is 5.73. The van der Waals surface area contributed by atoms with Crippen LogP contribution in [-0.2, 0) is 11.3 Å². The van der Waals surface area contributed by atoms with Crippen molar-refractivity contribution < 1.29 is 9.90 Å². The van der Waals surface area contributed by atoms with E-state index in [0.717, 1.165) is 57.1 Å². The molecule has 2 aromatic rings. The van der Waals surface area contributed by atoms with E-state index in [2.05, 4.69) is 41.6 Å². The van der Waals surface area contributed by atoms with E-state index in [1.807, 2.05) is 24.3 Å². The number of piperazine rings is 1. The number of benzene rings is 1. The van der Waals surface area contributed by atoms with Crippen molar-refractivity contribution in [2.24, 2.45) is 10.9 Å². The van der Waals surface area contributed by atoms with Crippen LogP contribution in [0.25, 0.3) is 0 Å². The van der Waals surface area contributed by atoms with Crippen molar-refractivity contribution in [2.45, 2.75) is 25.6 Å². The number of anilines is 2. The molecule has 1 atom stereocenters. The van der Waals surface area contributed by atoms with E-state index in [0.29, 0.717) is 36.6 Å². The number of nitrogens with one attached hydrogen (secondary N) is 3. The second-order valence-electron chi connectivity index (χ2n) is 9.66. The minimum atomic E-state index is -0.698. The molecule has 0 bridgehead atoms. The fourth-order valence-corrected chi connectivity index (χ4v) is 5.06. The molecule has 0 amide bonds. The predicted molar refractivity (Wildman–Crippen MR) is 138 cm³/mol. The number of nitrogens with zero attached hydrogens (tertiary/aromatic N) is 6. The highest BCUT2D eigenvalue weighted by molar-refractivity contribution is 5.96. The van der Waals surface area contributed by atoms with Crippen molar-refractivity contribution in [3.8, 4) is 6.07 Å². The third-order valence-corrected chi connectivity index (χ3v) is 7.23. The van der Waals surface area contributed by atoms with Gasteiger partial charge in [-0.15, -0.1) is 0 Å². The molecule has 3 aliphatic heterocycles. The van der Waals surface area contributed by atoms with Gasteiger partial charge in [-0.05, 0) is 43.6 Å². The fraction of sp³-hybridized carbons (Fsp3) is 0.480. The van der Waals surface area contributed by atoms with Gasteiger partial charge in [0.1, 0.15) is 0 Å². The van der Waals surface area contributed by atoms with E-state index in [1.165, 1.54) is 0 Å². The van der Waals surface area contributed by atoms with Gasteiger partial charge in [-0.1, -0.05) is 12.1 Å². The van der Waals surface area contributed by atoms with Gasteiger partial charge >= 0.3 is 5.97 Å². The zero-order valence-corrected chi connectivity index (χ0v) is 20.6. The zero-order chi connectivity index (χ0) is 25.8. The Hall–Kier alpha value is -3.95. The molecule has 1 aromatic heterocycles. The third-order valence-electron chi connectivity index (χ3n) is 7.23. The Balaban J connectivity index is 1.27. The van der Waals surface area contributed by atoms with E-state index in [1.54, 1.807) is 6.20 Å². The number of H-pyrrole nitrogens is 1. The number of guanidine groups is 1. The van der Waals surface area contributed by atoms with Crippen LogP contribution < -0.4 is 16.2 Å². The summed E-state index contributed by atoms with van der Waals surface area (Å²) < 4.78 is 0. The molecule has 194 valence electrons. The van der Waals surface area contributed by atoms with Gasteiger partial charge in [-0.3, -0.25) is 19.4 Å². The number of hydrogen-bond donors (Lipinski definition) is 4. The SMILES string of the molecule is N#CCN1CCN(C2=NC(Nc3ccc(CN4CCC(C(=O)O)CC4)cc3)c3c(cn[nH]c3=O)N2)CC1. The number of rotatable bonds is 6. The first-order chi connectivity index (χ1) is 18.0. The van der Waals surface area contributed by atoms with E-state index in [-0.39, 0.29) is 11.5 Å². The summed E-state index contributed by atoms with van der Waals surface area (Å²) in [7, 11) is 0. The van der Waals surface area contributed by atoms with E-state index in [9.17, 15) is 14.7 Å². The molecular formula is C25H31N9O3. The van der Waals surface area contributed by atoms with Crippen LogP contribution in [-0.4, -0.2) is 87.7 Å². The molecule has 3 aliphatic rings. The number of aromatic amines is 1. The minimum Gasteiger partial charge on any atom is -0.481 e. The Morgan fingerprint density at radius 2 is 1.84 bits per heavy atom. The monoisotopic (exact) mass is 505 g/mol. The molecule has 37 heavy (non-hydrogen) atoms. The van der Waals surface area contributed by atoms with Crippen molar-refractivity contribution in [3.05, 3.63) is 51.9 Å². The van der Waals surface area contributed by atoms with E-state index < -0.39 is 12.1 Å². The normalized spacial score (nSPS) is 20.9. The number of aromatic nitrogens is 2. The lowest BCUT2D eigenvalue weighted by molar-refractivity contribution is -0.143. The molecular weight excluding hydrogens is 474 g/mol. The lowest BCUT2D eigenvalue weighted by Crippen LogP contribution is -2.51. The second kappa shape index (κ2) is 11.0. The number of aliphatic imine (C=N–C) groups is 1. The molecule has 4 N–H and O–H groups in total. The Morgan fingerprint density at radius 3 is 2.51 bits per heavy atom. The van der Waals surface area contributed by atoms with Gasteiger partial charge in [-0.25, -0.2) is 10.1 Å². The second-order valence-corrected chi connectivity index (χ2v) is 9.66. The summed E-state index contributed by atoms with van der Waals surface area (Å²) in [5, 5.41) is 31.3. The molecule has 1 unspecified atom stereocenters. The van der Waals surface area contributed by atoms with E-state index >= 15 is 0 Å². The average Bonchev–Trinajstić information content (AvgIpc) is 2.91. The maximum Gasteiger partial charge on any atom is 0.306 e.